The highest BCUT2D eigenvalue weighted by molar-refractivity contribution is 5.92. The number of hydrogen-bond acceptors (Lipinski definition) is 4. The van der Waals surface area contributed by atoms with Gasteiger partial charge in [-0.25, -0.2) is 0 Å². The van der Waals surface area contributed by atoms with E-state index >= 15 is 0 Å². The second-order valence-corrected chi connectivity index (χ2v) is 6.21. The standard InChI is InChI=1S/C17H22N4O2/c1-12(2)21-8-5-15(20-21)17(22)19-16-11-23-10-14(16)9-13-3-6-18-7-4-13/h3-8,12,14,16H,9-11H2,1-2H3,(H,19,22)/t14-,16+/m1/s1. The van der Waals surface area contributed by atoms with Gasteiger partial charge in [0.25, 0.3) is 5.91 Å². The molecule has 0 bridgehead atoms. The molecule has 1 saturated heterocycles. The number of aromatic nitrogens is 3. The third-order valence-corrected chi connectivity index (χ3v) is 4.13. The number of carbonyl (C=O) groups is 1. The Morgan fingerprint density at radius 3 is 2.83 bits per heavy atom. The molecule has 0 radical (unpaired) electrons. The maximum atomic E-state index is 12.4. The Hall–Kier alpha value is -2.21. The van der Waals surface area contributed by atoms with Gasteiger partial charge in [-0.05, 0) is 44.0 Å². The summed E-state index contributed by atoms with van der Waals surface area (Å²) in [5.41, 5.74) is 1.66. The molecule has 2 aromatic rings. The smallest absolute Gasteiger partial charge is 0.272 e. The highest BCUT2D eigenvalue weighted by Gasteiger charge is 2.30. The van der Waals surface area contributed by atoms with Gasteiger partial charge in [-0.15, -0.1) is 0 Å². The van der Waals surface area contributed by atoms with Gasteiger partial charge in [0.1, 0.15) is 5.69 Å². The van der Waals surface area contributed by atoms with Crippen LogP contribution in [0.1, 0.15) is 35.9 Å². The lowest BCUT2D eigenvalue weighted by molar-refractivity contribution is 0.0919. The van der Waals surface area contributed by atoms with Gasteiger partial charge in [0.2, 0.25) is 0 Å². The van der Waals surface area contributed by atoms with Crippen molar-refractivity contribution in [1.29, 1.82) is 0 Å². The minimum absolute atomic E-state index is 0.0138. The summed E-state index contributed by atoms with van der Waals surface area (Å²) < 4.78 is 7.35. The van der Waals surface area contributed by atoms with Gasteiger partial charge in [0.05, 0.1) is 19.3 Å². The number of amides is 1. The quantitative estimate of drug-likeness (QED) is 0.914. The molecule has 3 rings (SSSR count). The van der Waals surface area contributed by atoms with E-state index in [2.05, 4.69) is 15.4 Å². The predicted octanol–water partition coefficient (Wildman–Crippen LogP) is 1.85. The lowest BCUT2D eigenvalue weighted by Gasteiger charge is -2.18. The summed E-state index contributed by atoms with van der Waals surface area (Å²) in [7, 11) is 0. The first kappa shape index (κ1) is 15.7. The molecule has 1 amide bonds. The summed E-state index contributed by atoms with van der Waals surface area (Å²) >= 11 is 0. The first-order chi connectivity index (χ1) is 11.1. The van der Waals surface area contributed by atoms with Crippen LogP contribution in [0.4, 0.5) is 0 Å². The second kappa shape index (κ2) is 6.91. The zero-order chi connectivity index (χ0) is 16.2. The van der Waals surface area contributed by atoms with Crippen LogP contribution < -0.4 is 5.32 Å². The number of pyridine rings is 1. The highest BCUT2D eigenvalue weighted by Crippen LogP contribution is 2.19. The number of rotatable bonds is 5. The monoisotopic (exact) mass is 314 g/mol. The van der Waals surface area contributed by atoms with Crippen molar-refractivity contribution in [3.63, 3.8) is 0 Å². The van der Waals surface area contributed by atoms with E-state index in [1.807, 2.05) is 32.2 Å². The van der Waals surface area contributed by atoms with Gasteiger partial charge in [0, 0.05) is 30.6 Å². The molecule has 0 aromatic carbocycles. The van der Waals surface area contributed by atoms with Crippen molar-refractivity contribution in [3.05, 3.63) is 48.0 Å². The van der Waals surface area contributed by atoms with Crippen LogP contribution in [-0.2, 0) is 11.2 Å². The summed E-state index contributed by atoms with van der Waals surface area (Å²) in [5, 5.41) is 7.38. The molecule has 6 nitrogen and oxygen atoms in total. The SMILES string of the molecule is CC(C)n1ccc(C(=O)N[C@H]2COC[C@H]2Cc2ccncc2)n1. The van der Waals surface area contributed by atoms with E-state index in [-0.39, 0.29) is 23.9 Å². The average Bonchev–Trinajstić information content (AvgIpc) is 3.18. The van der Waals surface area contributed by atoms with Crippen LogP contribution in [0.15, 0.2) is 36.8 Å². The van der Waals surface area contributed by atoms with Crippen molar-refractivity contribution in [1.82, 2.24) is 20.1 Å². The van der Waals surface area contributed by atoms with Crippen molar-refractivity contribution >= 4 is 5.91 Å². The first-order valence-electron chi connectivity index (χ1n) is 7.96. The van der Waals surface area contributed by atoms with Crippen LogP contribution in [0.5, 0.6) is 0 Å². The van der Waals surface area contributed by atoms with Gasteiger partial charge in [-0.3, -0.25) is 14.5 Å². The summed E-state index contributed by atoms with van der Waals surface area (Å²) in [4.78, 5) is 16.4. The molecule has 122 valence electrons. The fourth-order valence-electron chi connectivity index (χ4n) is 2.77. The van der Waals surface area contributed by atoms with Crippen molar-refractivity contribution in [2.24, 2.45) is 5.92 Å². The van der Waals surface area contributed by atoms with Crippen LogP contribution in [0.25, 0.3) is 0 Å². The van der Waals surface area contributed by atoms with Gasteiger partial charge < -0.3 is 10.1 Å². The number of ether oxygens (including phenoxy) is 1. The Bertz CT molecular complexity index is 654. The molecule has 1 aliphatic heterocycles. The van der Waals surface area contributed by atoms with Gasteiger partial charge >= 0.3 is 0 Å². The molecule has 0 spiro atoms. The summed E-state index contributed by atoms with van der Waals surface area (Å²) in [5.74, 6) is 0.133. The van der Waals surface area contributed by atoms with E-state index in [4.69, 9.17) is 4.74 Å². The number of nitrogens with one attached hydrogen (secondary N) is 1. The zero-order valence-corrected chi connectivity index (χ0v) is 13.5. The Labute approximate surface area is 135 Å². The Morgan fingerprint density at radius 2 is 2.13 bits per heavy atom. The van der Waals surface area contributed by atoms with Crippen LogP contribution in [-0.4, -0.2) is 39.9 Å². The van der Waals surface area contributed by atoms with Crippen molar-refractivity contribution in [3.8, 4) is 0 Å². The molecular weight excluding hydrogens is 292 g/mol. The average molecular weight is 314 g/mol. The van der Waals surface area contributed by atoms with Crippen LogP contribution in [0.3, 0.4) is 0 Å². The second-order valence-electron chi connectivity index (χ2n) is 6.21. The molecule has 23 heavy (non-hydrogen) atoms. The van der Waals surface area contributed by atoms with E-state index in [9.17, 15) is 4.79 Å². The lowest BCUT2D eigenvalue weighted by atomic mass is 9.95. The molecule has 2 aromatic heterocycles. The van der Waals surface area contributed by atoms with Crippen LogP contribution in [0.2, 0.25) is 0 Å². The minimum atomic E-state index is -0.139. The summed E-state index contributed by atoms with van der Waals surface area (Å²) in [6, 6.07) is 6.01. The summed E-state index contributed by atoms with van der Waals surface area (Å²) in [6.45, 7) is 5.27. The van der Waals surface area contributed by atoms with Gasteiger partial charge in [0.15, 0.2) is 0 Å². The molecule has 0 aliphatic carbocycles. The van der Waals surface area contributed by atoms with E-state index in [1.165, 1.54) is 5.56 Å². The predicted molar refractivity (Wildman–Crippen MR) is 86.1 cm³/mol. The van der Waals surface area contributed by atoms with E-state index in [1.54, 1.807) is 23.1 Å². The fraction of sp³-hybridized carbons (Fsp3) is 0.471. The zero-order valence-electron chi connectivity index (χ0n) is 13.5. The van der Waals surface area contributed by atoms with E-state index < -0.39 is 0 Å². The normalized spacial score (nSPS) is 20.8. The number of nitrogens with zero attached hydrogens (tertiary/aromatic N) is 3. The van der Waals surface area contributed by atoms with Crippen molar-refractivity contribution in [2.75, 3.05) is 13.2 Å². The van der Waals surface area contributed by atoms with Crippen LogP contribution in [0, 0.1) is 5.92 Å². The van der Waals surface area contributed by atoms with Gasteiger partial charge in [-0.2, -0.15) is 5.10 Å². The maximum Gasteiger partial charge on any atom is 0.272 e. The molecule has 1 fully saturated rings. The molecule has 1 aliphatic rings. The van der Waals surface area contributed by atoms with Crippen molar-refractivity contribution < 1.29 is 9.53 Å². The fourth-order valence-corrected chi connectivity index (χ4v) is 2.77. The molecule has 0 unspecified atom stereocenters. The molecule has 6 heteroatoms. The van der Waals surface area contributed by atoms with E-state index in [0.29, 0.717) is 18.9 Å². The van der Waals surface area contributed by atoms with Crippen LogP contribution >= 0.6 is 0 Å². The Morgan fingerprint density at radius 1 is 1.35 bits per heavy atom. The Kier molecular flexibility index (Phi) is 4.71. The number of carbonyl (C=O) groups excluding carboxylic acids is 1. The van der Waals surface area contributed by atoms with Gasteiger partial charge in [-0.1, -0.05) is 0 Å². The first-order valence-corrected chi connectivity index (χ1v) is 7.96. The largest absolute Gasteiger partial charge is 0.379 e. The third kappa shape index (κ3) is 3.76. The molecular formula is C17H22N4O2. The maximum absolute atomic E-state index is 12.4. The molecule has 1 N–H and O–H groups in total. The molecule has 0 saturated carbocycles. The van der Waals surface area contributed by atoms with E-state index in [0.717, 1.165) is 6.42 Å². The Balaban J connectivity index is 1.62. The third-order valence-electron chi connectivity index (χ3n) is 4.13. The topological polar surface area (TPSA) is 69.0 Å². The minimum Gasteiger partial charge on any atom is -0.379 e. The molecule has 3 heterocycles. The van der Waals surface area contributed by atoms with Crippen molar-refractivity contribution in [2.45, 2.75) is 32.4 Å². The highest BCUT2D eigenvalue weighted by atomic mass is 16.5. The number of hydrogen-bond donors (Lipinski definition) is 1. The lowest BCUT2D eigenvalue weighted by Crippen LogP contribution is -2.40. The molecule has 2 atom stereocenters. The summed E-state index contributed by atoms with van der Waals surface area (Å²) in [6.07, 6.45) is 6.28.